The second-order valence-corrected chi connectivity index (χ2v) is 2.68. The van der Waals surface area contributed by atoms with Crippen LogP contribution < -0.4 is 4.57 Å². The van der Waals surface area contributed by atoms with Gasteiger partial charge in [0, 0.05) is 0 Å². The van der Waals surface area contributed by atoms with Crippen molar-refractivity contribution in [3.05, 3.63) is 31.4 Å². The Morgan fingerprint density at radius 1 is 1.67 bits per heavy atom. The lowest BCUT2D eigenvalue weighted by atomic mass is 10.6. The van der Waals surface area contributed by atoms with E-state index in [-0.39, 0.29) is 0 Å². The quantitative estimate of drug-likeness (QED) is 0.355. The standard InChI is InChI=1S/C9H15N2O/c1-3-7-12-8-6-11-5-4-10(2)9-11/h3-5,9H,1,6-8H2,2H3/q+1. The fraction of sp³-hybridized carbons (Fsp3) is 0.444. The van der Waals surface area contributed by atoms with E-state index < -0.39 is 0 Å². The van der Waals surface area contributed by atoms with Crippen LogP contribution in [0.15, 0.2) is 31.4 Å². The van der Waals surface area contributed by atoms with Gasteiger partial charge in [0.25, 0.3) is 0 Å². The van der Waals surface area contributed by atoms with E-state index in [4.69, 9.17) is 4.74 Å². The first kappa shape index (κ1) is 9.00. The van der Waals surface area contributed by atoms with Crippen LogP contribution in [-0.2, 0) is 18.3 Å². The Bertz CT molecular complexity index is 242. The molecule has 1 rings (SSSR count). The first-order valence-electron chi connectivity index (χ1n) is 4.02. The topological polar surface area (TPSA) is 18.0 Å². The largest absolute Gasteiger partial charge is 0.373 e. The normalized spacial score (nSPS) is 10.1. The second kappa shape index (κ2) is 4.72. The average Bonchev–Trinajstić information content (AvgIpc) is 2.45. The lowest BCUT2D eigenvalue weighted by Crippen LogP contribution is -2.24. The zero-order valence-electron chi connectivity index (χ0n) is 7.44. The number of imidazole rings is 1. The molecule has 0 aliphatic rings. The number of hydrogen-bond acceptors (Lipinski definition) is 1. The van der Waals surface area contributed by atoms with Crippen LogP contribution in [0.2, 0.25) is 0 Å². The Balaban J connectivity index is 2.19. The van der Waals surface area contributed by atoms with E-state index in [1.165, 1.54) is 0 Å². The van der Waals surface area contributed by atoms with Crippen molar-refractivity contribution in [2.75, 3.05) is 13.2 Å². The molecule has 0 saturated heterocycles. The van der Waals surface area contributed by atoms with E-state index in [9.17, 15) is 0 Å². The van der Waals surface area contributed by atoms with Gasteiger partial charge in [0.15, 0.2) is 0 Å². The van der Waals surface area contributed by atoms with Crippen molar-refractivity contribution in [3.8, 4) is 0 Å². The number of nitrogens with zero attached hydrogens (tertiary/aromatic N) is 2. The van der Waals surface area contributed by atoms with Gasteiger partial charge in [0.05, 0.1) is 20.3 Å². The summed E-state index contributed by atoms with van der Waals surface area (Å²) in [6.45, 7) is 5.84. The molecule has 1 aromatic heterocycles. The molecule has 1 aromatic rings. The van der Waals surface area contributed by atoms with Crippen molar-refractivity contribution in [2.24, 2.45) is 7.05 Å². The fourth-order valence-corrected chi connectivity index (χ4v) is 0.971. The first-order valence-corrected chi connectivity index (χ1v) is 4.02. The third-order valence-corrected chi connectivity index (χ3v) is 1.55. The molecule has 0 saturated carbocycles. The zero-order valence-corrected chi connectivity index (χ0v) is 7.44. The molecule has 0 aliphatic heterocycles. The van der Waals surface area contributed by atoms with Gasteiger partial charge in [-0.25, -0.2) is 9.13 Å². The summed E-state index contributed by atoms with van der Waals surface area (Å²) in [6.07, 6.45) is 7.82. The van der Waals surface area contributed by atoms with E-state index in [1.54, 1.807) is 6.08 Å². The van der Waals surface area contributed by atoms with E-state index in [1.807, 2.05) is 30.3 Å². The first-order chi connectivity index (χ1) is 5.83. The summed E-state index contributed by atoms with van der Waals surface area (Å²) < 4.78 is 9.34. The van der Waals surface area contributed by atoms with Gasteiger partial charge in [0.1, 0.15) is 18.9 Å². The predicted octanol–water partition coefficient (Wildman–Crippen LogP) is 0.515. The predicted molar refractivity (Wildman–Crippen MR) is 46.6 cm³/mol. The zero-order chi connectivity index (χ0) is 8.81. The minimum absolute atomic E-state index is 0.632. The fourth-order valence-electron chi connectivity index (χ4n) is 0.971. The van der Waals surface area contributed by atoms with Gasteiger partial charge in [-0.2, -0.15) is 0 Å². The molecule has 3 nitrogen and oxygen atoms in total. The minimum Gasteiger partial charge on any atom is -0.373 e. The van der Waals surface area contributed by atoms with Gasteiger partial charge in [-0.3, -0.25) is 0 Å². The summed E-state index contributed by atoms with van der Waals surface area (Å²) in [5, 5.41) is 0. The van der Waals surface area contributed by atoms with Crippen LogP contribution in [0.5, 0.6) is 0 Å². The summed E-state index contributed by atoms with van der Waals surface area (Å²) in [4.78, 5) is 0. The van der Waals surface area contributed by atoms with Gasteiger partial charge in [-0.15, -0.1) is 6.58 Å². The molecule has 0 fully saturated rings. The van der Waals surface area contributed by atoms with Gasteiger partial charge >= 0.3 is 0 Å². The molecule has 0 radical (unpaired) electrons. The number of hydrogen-bond donors (Lipinski definition) is 0. The van der Waals surface area contributed by atoms with E-state index >= 15 is 0 Å². The van der Waals surface area contributed by atoms with Crippen molar-refractivity contribution in [1.29, 1.82) is 0 Å². The van der Waals surface area contributed by atoms with Crippen LogP contribution in [-0.4, -0.2) is 17.8 Å². The van der Waals surface area contributed by atoms with Gasteiger partial charge in [-0.1, -0.05) is 6.08 Å². The molecule has 1 heterocycles. The highest BCUT2D eigenvalue weighted by molar-refractivity contribution is 4.66. The monoisotopic (exact) mass is 167 g/mol. The van der Waals surface area contributed by atoms with Gasteiger partial charge in [0.2, 0.25) is 6.33 Å². The molecule has 0 unspecified atom stereocenters. The molecule has 66 valence electrons. The summed E-state index contributed by atoms with van der Waals surface area (Å²) in [5.74, 6) is 0. The molecule has 0 atom stereocenters. The molecule has 0 spiro atoms. The molecule has 0 aromatic carbocycles. The highest BCUT2D eigenvalue weighted by atomic mass is 16.5. The molecular weight excluding hydrogens is 152 g/mol. The van der Waals surface area contributed by atoms with Crippen LogP contribution in [0.1, 0.15) is 0 Å². The summed E-state index contributed by atoms with van der Waals surface area (Å²) >= 11 is 0. The SMILES string of the molecule is C=CCOCCn1cc[n+](C)c1. The number of rotatable bonds is 5. The molecule has 12 heavy (non-hydrogen) atoms. The molecule has 0 N–H and O–H groups in total. The number of aromatic nitrogens is 2. The minimum atomic E-state index is 0.632. The summed E-state index contributed by atoms with van der Waals surface area (Å²) in [5.41, 5.74) is 0. The average molecular weight is 167 g/mol. The van der Waals surface area contributed by atoms with Gasteiger partial charge in [-0.05, 0) is 0 Å². The van der Waals surface area contributed by atoms with Gasteiger partial charge < -0.3 is 4.74 Å². The maximum absolute atomic E-state index is 5.25. The Labute approximate surface area is 72.9 Å². The van der Waals surface area contributed by atoms with Crippen LogP contribution in [0.4, 0.5) is 0 Å². The third kappa shape index (κ3) is 2.88. The van der Waals surface area contributed by atoms with Crippen LogP contribution in [0.25, 0.3) is 0 Å². The summed E-state index contributed by atoms with van der Waals surface area (Å²) in [6, 6.07) is 0. The Kier molecular flexibility index (Phi) is 3.54. The number of ether oxygens (including phenoxy) is 1. The third-order valence-electron chi connectivity index (χ3n) is 1.55. The van der Waals surface area contributed by atoms with E-state index in [0.29, 0.717) is 6.61 Å². The van der Waals surface area contributed by atoms with Crippen LogP contribution in [0.3, 0.4) is 0 Å². The molecule has 0 bridgehead atoms. The van der Waals surface area contributed by atoms with Crippen LogP contribution in [0, 0.1) is 0 Å². The van der Waals surface area contributed by atoms with E-state index in [2.05, 4.69) is 11.1 Å². The van der Waals surface area contributed by atoms with Crippen molar-refractivity contribution < 1.29 is 9.30 Å². The lowest BCUT2D eigenvalue weighted by molar-refractivity contribution is -0.671. The summed E-state index contributed by atoms with van der Waals surface area (Å²) in [7, 11) is 2.00. The number of aryl methyl sites for hydroxylation is 1. The Morgan fingerprint density at radius 3 is 3.08 bits per heavy atom. The maximum atomic E-state index is 5.25. The molecular formula is C9H15N2O+. The smallest absolute Gasteiger partial charge is 0.243 e. The Morgan fingerprint density at radius 2 is 2.50 bits per heavy atom. The van der Waals surface area contributed by atoms with Crippen molar-refractivity contribution in [3.63, 3.8) is 0 Å². The highest BCUT2D eigenvalue weighted by Crippen LogP contribution is 1.84. The van der Waals surface area contributed by atoms with Crippen LogP contribution >= 0.6 is 0 Å². The maximum Gasteiger partial charge on any atom is 0.243 e. The van der Waals surface area contributed by atoms with Crippen molar-refractivity contribution >= 4 is 0 Å². The van der Waals surface area contributed by atoms with Crippen molar-refractivity contribution in [2.45, 2.75) is 6.54 Å². The Hall–Kier alpha value is -1.09. The lowest BCUT2D eigenvalue weighted by Gasteiger charge is -1.96. The van der Waals surface area contributed by atoms with Crippen molar-refractivity contribution in [1.82, 2.24) is 4.57 Å². The second-order valence-electron chi connectivity index (χ2n) is 2.68. The highest BCUT2D eigenvalue weighted by Gasteiger charge is 1.97. The molecule has 3 heteroatoms. The van der Waals surface area contributed by atoms with E-state index in [0.717, 1.165) is 13.2 Å². The molecule has 0 aliphatic carbocycles. The molecule has 0 amide bonds.